The molecule has 0 amide bonds. The Bertz CT molecular complexity index is 404. The number of nitrogens with zero attached hydrogens (tertiary/aromatic N) is 1. The van der Waals surface area contributed by atoms with Gasteiger partial charge in [0.2, 0.25) is 0 Å². The summed E-state index contributed by atoms with van der Waals surface area (Å²) in [5, 5.41) is 18.4. The fourth-order valence-electron chi connectivity index (χ4n) is 2.23. The van der Waals surface area contributed by atoms with E-state index in [1.54, 1.807) is 0 Å². The quantitative estimate of drug-likeness (QED) is 0.710. The molecule has 0 heterocycles. The van der Waals surface area contributed by atoms with Crippen LogP contribution in [0.4, 0.5) is 0 Å². The highest BCUT2D eigenvalue weighted by molar-refractivity contribution is 5.43. The Kier molecular flexibility index (Phi) is 2.91. The van der Waals surface area contributed by atoms with Gasteiger partial charge in [-0.15, -0.1) is 0 Å². The number of phenolic OH excluding ortho intramolecular Hbond substituents is 1. The summed E-state index contributed by atoms with van der Waals surface area (Å²) in [7, 11) is 0. The summed E-state index contributed by atoms with van der Waals surface area (Å²) in [5.74, 6) is 0.289. The highest BCUT2D eigenvalue weighted by atomic mass is 16.3. The average Bonchev–Trinajstić information content (AvgIpc) is 2.44. The van der Waals surface area contributed by atoms with Gasteiger partial charge in [-0.2, -0.15) is 5.26 Å². The Hall–Kier alpha value is -1.49. The van der Waals surface area contributed by atoms with E-state index in [0.717, 1.165) is 18.4 Å². The van der Waals surface area contributed by atoms with Gasteiger partial charge in [0.15, 0.2) is 0 Å². The Labute approximate surface area is 90.2 Å². The molecule has 1 aliphatic carbocycles. The van der Waals surface area contributed by atoms with Gasteiger partial charge in [-0.25, -0.2) is 0 Å². The van der Waals surface area contributed by atoms with Crippen LogP contribution >= 0.6 is 0 Å². The number of phenols is 1. The molecule has 0 radical (unpaired) electrons. The molecule has 0 spiro atoms. The molecule has 0 unspecified atom stereocenters. The van der Waals surface area contributed by atoms with Crippen LogP contribution in [0.1, 0.15) is 36.0 Å². The Morgan fingerprint density at radius 3 is 2.47 bits per heavy atom. The van der Waals surface area contributed by atoms with Crippen LogP contribution in [0.15, 0.2) is 12.1 Å². The molecule has 0 atom stereocenters. The largest absolute Gasteiger partial charge is 0.508 e. The molecule has 15 heavy (non-hydrogen) atoms. The molecule has 1 aromatic rings. The third kappa shape index (κ3) is 2.12. The first-order valence-electron chi connectivity index (χ1n) is 5.52. The predicted octanol–water partition coefficient (Wildman–Crippen LogP) is 2.73. The minimum Gasteiger partial charge on any atom is -0.508 e. The zero-order valence-corrected chi connectivity index (χ0v) is 8.79. The zero-order chi connectivity index (χ0) is 10.7. The van der Waals surface area contributed by atoms with Crippen molar-refractivity contribution in [3.63, 3.8) is 0 Å². The van der Waals surface area contributed by atoms with Gasteiger partial charge in [-0.1, -0.05) is 12.5 Å². The molecule has 2 rings (SSSR count). The monoisotopic (exact) mass is 201 g/mol. The molecule has 1 aliphatic rings. The fraction of sp³-hybridized carbons (Fsp3) is 0.462. The van der Waals surface area contributed by atoms with Gasteiger partial charge in [0.25, 0.3) is 0 Å². The maximum absolute atomic E-state index is 9.74. The van der Waals surface area contributed by atoms with Gasteiger partial charge in [0.05, 0.1) is 12.5 Å². The average molecular weight is 201 g/mol. The molecule has 0 aliphatic heterocycles. The number of aromatic hydroxyl groups is 1. The topological polar surface area (TPSA) is 44.0 Å². The summed E-state index contributed by atoms with van der Waals surface area (Å²) in [6.45, 7) is 0. The summed E-state index contributed by atoms with van der Waals surface area (Å²) in [6, 6.07) is 5.95. The Morgan fingerprint density at radius 1 is 1.13 bits per heavy atom. The highest BCUT2D eigenvalue weighted by Gasteiger charge is 2.11. The molecule has 0 aromatic heterocycles. The van der Waals surface area contributed by atoms with Crippen molar-refractivity contribution in [3.8, 4) is 11.8 Å². The summed E-state index contributed by atoms with van der Waals surface area (Å²) in [5.41, 5.74) is 3.38. The molecule has 0 saturated carbocycles. The number of hydrogen-bond donors (Lipinski definition) is 1. The highest BCUT2D eigenvalue weighted by Crippen LogP contribution is 2.27. The first kappa shape index (κ1) is 10.0. The first-order chi connectivity index (χ1) is 7.31. The third-order valence-electron chi connectivity index (χ3n) is 3.06. The Morgan fingerprint density at radius 2 is 1.80 bits per heavy atom. The van der Waals surface area contributed by atoms with E-state index >= 15 is 0 Å². The minimum atomic E-state index is 0.289. The van der Waals surface area contributed by atoms with Gasteiger partial charge in [-0.05, 0) is 42.9 Å². The molecular weight excluding hydrogens is 186 g/mol. The second-order valence-corrected chi connectivity index (χ2v) is 4.15. The normalized spacial score (nSPS) is 15.1. The molecule has 2 nitrogen and oxygen atoms in total. The van der Waals surface area contributed by atoms with E-state index in [2.05, 4.69) is 6.07 Å². The summed E-state index contributed by atoms with van der Waals surface area (Å²) < 4.78 is 0. The number of nitriles is 1. The van der Waals surface area contributed by atoms with Crippen molar-refractivity contribution in [1.82, 2.24) is 0 Å². The van der Waals surface area contributed by atoms with Crippen LogP contribution in [-0.2, 0) is 19.3 Å². The van der Waals surface area contributed by atoms with Crippen LogP contribution in [0.3, 0.4) is 0 Å². The van der Waals surface area contributed by atoms with Crippen LogP contribution in [-0.4, -0.2) is 5.11 Å². The molecule has 1 N–H and O–H groups in total. The molecule has 2 heteroatoms. The van der Waals surface area contributed by atoms with E-state index in [-0.39, 0.29) is 5.75 Å². The molecule has 0 saturated heterocycles. The molecule has 1 aromatic carbocycles. The standard InChI is InChI=1S/C13H15NO/c14-7-6-12-8-10-4-2-1-3-5-11(10)9-13(12)15/h8-9,15H,1-6H2. The lowest BCUT2D eigenvalue weighted by molar-refractivity contribution is 0.468. The minimum absolute atomic E-state index is 0.289. The molecule has 0 bridgehead atoms. The number of fused-ring (bicyclic) bond motifs is 1. The van der Waals surface area contributed by atoms with Crippen molar-refractivity contribution in [3.05, 3.63) is 28.8 Å². The van der Waals surface area contributed by atoms with E-state index in [1.807, 2.05) is 12.1 Å². The third-order valence-corrected chi connectivity index (χ3v) is 3.06. The summed E-state index contributed by atoms with van der Waals surface area (Å²) in [6.07, 6.45) is 6.17. The van der Waals surface area contributed by atoms with E-state index < -0.39 is 0 Å². The fourth-order valence-corrected chi connectivity index (χ4v) is 2.23. The predicted molar refractivity (Wildman–Crippen MR) is 58.7 cm³/mol. The van der Waals surface area contributed by atoms with E-state index in [0.29, 0.717) is 6.42 Å². The van der Waals surface area contributed by atoms with Gasteiger partial charge in [0, 0.05) is 5.56 Å². The van der Waals surface area contributed by atoms with E-state index in [1.165, 1.54) is 30.4 Å². The van der Waals surface area contributed by atoms with Crippen LogP contribution in [0.25, 0.3) is 0 Å². The van der Waals surface area contributed by atoms with E-state index in [4.69, 9.17) is 5.26 Å². The summed E-state index contributed by atoms with van der Waals surface area (Å²) in [4.78, 5) is 0. The van der Waals surface area contributed by atoms with E-state index in [9.17, 15) is 5.11 Å². The van der Waals surface area contributed by atoms with Crippen molar-refractivity contribution in [1.29, 1.82) is 5.26 Å². The van der Waals surface area contributed by atoms with Gasteiger partial charge in [-0.3, -0.25) is 0 Å². The number of aryl methyl sites for hydroxylation is 2. The van der Waals surface area contributed by atoms with Crippen LogP contribution < -0.4 is 0 Å². The van der Waals surface area contributed by atoms with Crippen molar-refractivity contribution < 1.29 is 5.11 Å². The summed E-state index contributed by atoms with van der Waals surface area (Å²) >= 11 is 0. The van der Waals surface area contributed by atoms with Gasteiger partial charge >= 0.3 is 0 Å². The lowest BCUT2D eigenvalue weighted by Gasteiger charge is -2.09. The SMILES string of the molecule is N#CCc1cc2c(cc1O)CCCCC2. The van der Waals surface area contributed by atoms with Crippen LogP contribution in [0.2, 0.25) is 0 Å². The Balaban J connectivity index is 2.39. The second kappa shape index (κ2) is 4.35. The van der Waals surface area contributed by atoms with Crippen molar-refractivity contribution >= 4 is 0 Å². The lowest BCUT2D eigenvalue weighted by Crippen LogP contribution is -1.94. The smallest absolute Gasteiger partial charge is 0.120 e. The van der Waals surface area contributed by atoms with Crippen molar-refractivity contribution in [2.75, 3.05) is 0 Å². The van der Waals surface area contributed by atoms with Crippen molar-refractivity contribution in [2.24, 2.45) is 0 Å². The van der Waals surface area contributed by atoms with Gasteiger partial charge < -0.3 is 5.11 Å². The molecular formula is C13H15NO. The van der Waals surface area contributed by atoms with Crippen LogP contribution in [0.5, 0.6) is 5.75 Å². The number of hydrogen-bond acceptors (Lipinski definition) is 2. The molecule has 78 valence electrons. The number of benzene rings is 1. The molecule has 0 fully saturated rings. The zero-order valence-electron chi connectivity index (χ0n) is 8.79. The lowest BCUT2D eigenvalue weighted by atomic mass is 9.98. The van der Waals surface area contributed by atoms with Crippen molar-refractivity contribution in [2.45, 2.75) is 38.5 Å². The van der Waals surface area contributed by atoms with Gasteiger partial charge in [0.1, 0.15) is 5.75 Å². The van der Waals surface area contributed by atoms with Crippen LogP contribution in [0, 0.1) is 11.3 Å². The first-order valence-corrected chi connectivity index (χ1v) is 5.52. The maximum atomic E-state index is 9.74. The maximum Gasteiger partial charge on any atom is 0.120 e. The number of rotatable bonds is 1. The second-order valence-electron chi connectivity index (χ2n) is 4.15.